The molecule has 1 aromatic heterocycles. The van der Waals surface area contributed by atoms with Crippen LogP contribution in [0.15, 0.2) is 58.4 Å². The third-order valence-electron chi connectivity index (χ3n) is 4.41. The maximum Gasteiger partial charge on any atom is 0.248 e. The van der Waals surface area contributed by atoms with Crippen LogP contribution >= 0.6 is 11.3 Å². The molecule has 7 heteroatoms. The number of carbonyl (C=O) groups excluding carboxylic acids is 1. The molecule has 0 aliphatic heterocycles. The molecule has 2 aromatic carbocycles. The second-order valence-electron chi connectivity index (χ2n) is 6.34. The number of hydrogen-bond acceptors (Lipinski definition) is 4. The molecule has 0 aliphatic carbocycles. The smallest absolute Gasteiger partial charge is 0.248 e. The summed E-state index contributed by atoms with van der Waals surface area (Å²) >= 11 is 1.47. The van der Waals surface area contributed by atoms with Crippen LogP contribution in [0.3, 0.4) is 0 Å². The highest BCUT2D eigenvalue weighted by Crippen LogP contribution is 2.19. The quantitative estimate of drug-likeness (QED) is 0.634. The highest BCUT2D eigenvalue weighted by molar-refractivity contribution is 7.91. The van der Waals surface area contributed by atoms with E-state index < -0.39 is 9.84 Å². The Balaban J connectivity index is 1.70. The lowest BCUT2D eigenvalue weighted by molar-refractivity contribution is -0.118. The number of sulfone groups is 1. The molecule has 1 heterocycles. The summed E-state index contributed by atoms with van der Waals surface area (Å²) in [6, 6.07) is 14.5. The molecule has 0 radical (unpaired) electrons. The number of hydrogen-bond donors (Lipinski definition) is 0. The average Bonchev–Trinajstić information content (AvgIpc) is 2.97. The largest absolute Gasteiger partial charge is 0.319 e. The van der Waals surface area contributed by atoms with Crippen molar-refractivity contribution < 1.29 is 13.2 Å². The number of carbonyl (C=O) groups is 1. The lowest BCUT2D eigenvalue weighted by Gasteiger charge is -2.02. The van der Waals surface area contributed by atoms with E-state index in [1.165, 1.54) is 16.9 Å². The van der Waals surface area contributed by atoms with E-state index in [0.717, 1.165) is 16.6 Å². The Morgan fingerprint density at radius 1 is 1.15 bits per heavy atom. The fraction of sp³-hybridized carbons (Fsp3) is 0.300. The van der Waals surface area contributed by atoms with Gasteiger partial charge in [-0.15, -0.1) is 0 Å². The van der Waals surface area contributed by atoms with Crippen molar-refractivity contribution in [3.63, 3.8) is 0 Å². The van der Waals surface area contributed by atoms with Crippen LogP contribution in [0.1, 0.15) is 25.3 Å². The molecule has 0 unspecified atom stereocenters. The molecule has 142 valence electrons. The maximum absolute atomic E-state index is 12.3. The number of rotatable bonds is 6. The van der Waals surface area contributed by atoms with Crippen molar-refractivity contribution in [2.24, 2.45) is 12.0 Å². The Morgan fingerprint density at radius 2 is 1.89 bits per heavy atom. The number of benzene rings is 2. The van der Waals surface area contributed by atoms with Crippen molar-refractivity contribution in [3.05, 3.63) is 58.9 Å². The van der Waals surface area contributed by atoms with E-state index in [0.29, 0.717) is 4.80 Å². The van der Waals surface area contributed by atoms with Crippen molar-refractivity contribution in [2.45, 2.75) is 31.1 Å². The van der Waals surface area contributed by atoms with Crippen LogP contribution in [0.5, 0.6) is 0 Å². The third kappa shape index (κ3) is 4.54. The van der Waals surface area contributed by atoms with Gasteiger partial charge in [-0.2, -0.15) is 4.99 Å². The topological polar surface area (TPSA) is 68.5 Å². The lowest BCUT2D eigenvalue weighted by Crippen LogP contribution is -2.14. The van der Waals surface area contributed by atoms with E-state index in [1.54, 1.807) is 30.3 Å². The van der Waals surface area contributed by atoms with E-state index in [1.807, 2.05) is 17.7 Å². The zero-order valence-corrected chi connectivity index (χ0v) is 17.0. The number of aromatic nitrogens is 1. The fourth-order valence-corrected chi connectivity index (χ4v) is 5.26. The van der Waals surface area contributed by atoms with Gasteiger partial charge in [0.1, 0.15) is 0 Å². The number of amides is 1. The van der Waals surface area contributed by atoms with Crippen molar-refractivity contribution in [3.8, 4) is 0 Å². The van der Waals surface area contributed by atoms with E-state index >= 15 is 0 Å². The Labute approximate surface area is 162 Å². The molecular formula is C20H22N2O3S2. The summed E-state index contributed by atoms with van der Waals surface area (Å²) in [5.41, 5.74) is 2.28. The predicted molar refractivity (Wildman–Crippen MR) is 108 cm³/mol. The monoisotopic (exact) mass is 402 g/mol. The van der Waals surface area contributed by atoms with Gasteiger partial charge in [-0.3, -0.25) is 4.79 Å². The first kappa shape index (κ1) is 19.5. The van der Waals surface area contributed by atoms with Gasteiger partial charge in [0, 0.05) is 13.5 Å². The molecule has 0 aliphatic rings. The average molecular weight is 403 g/mol. The summed E-state index contributed by atoms with van der Waals surface area (Å²) in [5.74, 6) is -0.354. The Morgan fingerprint density at radius 3 is 2.59 bits per heavy atom. The maximum atomic E-state index is 12.3. The second-order valence-corrected chi connectivity index (χ2v) is 9.46. The number of nitrogens with zero attached hydrogens (tertiary/aromatic N) is 2. The lowest BCUT2D eigenvalue weighted by atomic mass is 10.2. The van der Waals surface area contributed by atoms with E-state index in [4.69, 9.17) is 0 Å². The highest BCUT2D eigenvalue weighted by Gasteiger charge is 2.14. The fourth-order valence-electron chi connectivity index (χ4n) is 2.83. The van der Waals surface area contributed by atoms with Crippen LogP contribution in [0.4, 0.5) is 0 Å². The Bertz CT molecular complexity index is 1130. The van der Waals surface area contributed by atoms with Crippen molar-refractivity contribution >= 4 is 37.3 Å². The molecule has 3 aromatic rings. The van der Waals surface area contributed by atoms with Gasteiger partial charge in [-0.25, -0.2) is 8.42 Å². The normalized spacial score (nSPS) is 12.6. The summed E-state index contributed by atoms with van der Waals surface area (Å²) in [6.07, 6.45) is 1.33. The van der Waals surface area contributed by atoms with Crippen molar-refractivity contribution in [1.82, 2.24) is 4.57 Å². The van der Waals surface area contributed by atoms with Gasteiger partial charge in [0.25, 0.3) is 0 Å². The minimum Gasteiger partial charge on any atom is -0.319 e. The molecule has 3 rings (SSSR count). The van der Waals surface area contributed by atoms with Crippen LogP contribution < -0.4 is 4.80 Å². The zero-order chi connectivity index (χ0) is 19.4. The highest BCUT2D eigenvalue weighted by atomic mass is 32.2. The van der Waals surface area contributed by atoms with Crippen LogP contribution in [-0.2, 0) is 28.1 Å². The Kier molecular flexibility index (Phi) is 5.92. The van der Waals surface area contributed by atoms with Crippen LogP contribution in [0, 0.1) is 0 Å². The van der Waals surface area contributed by atoms with Crippen molar-refractivity contribution in [1.29, 1.82) is 0 Å². The van der Waals surface area contributed by atoms with Crippen LogP contribution in [0.25, 0.3) is 10.2 Å². The molecule has 1 amide bonds. The van der Waals surface area contributed by atoms with E-state index in [-0.39, 0.29) is 29.4 Å². The Hall–Kier alpha value is -2.25. The summed E-state index contributed by atoms with van der Waals surface area (Å²) in [6.45, 7) is 2.10. The zero-order valence-electron chi connectivity index (χ0n) is 15.4. The minimum atomic E-state index is -3.36. The molecule has 5 nitrogen and oxygen atoms in total. The SMILES string of the molecule is CCc1ccc2c(c1)sc(=NC(=O)CCCS(=O)(=O)c1ccccc1)n2C. The summed E-state index contributed by atoms with van der Waals surface area (Å²) in [7, 11) is -1.48. The molecule has 0 spiro atoms. The van der Waals surface area contributed by atoms with Gasteiger partial charge >= 0.3 is 0 Å². The van der Waals surface area contributed by atoms with Crippen molar-refractivity contribution in [2.75, 3.05) is 5.75 Å². The standard InChI is InChI=1S/C20H22N2O3S2/c1-3-15-11-12-17-18(14-15)26-20(22(17)2)21-19(23)10-7-13-27(24,25)16-8-5-4-6-9-16/h4-6,8-9,11-12,14H,3,7,10,13H2,1-2H3. The van der Waals surface area contributed by atoms with E-state index in [9.17, 15) is 13.2 Å². The second kappa shape index (κ2) is 8.19. The number of aryl methyl sites for hydroxylation is 2. The molecule has 27 heavy (non-hydrogen) atoms. The summed E-state index contributed by atoms with van der Waals surface area (Å²) < 4.78 is 27.5. The predicted octanol–water partition coefficient (Wildman–Crippen LogP) is 3.48. The molecule has 0 N–H and O–H groups in total. The molecule has 0 atom stereocenters. The summed E-state index contributed by atoms with van der Waals surface area (Å²) in [4.78, 5) is 17.3. The molecule has 0 saturated heterocycles. The number of thiazole rings is 1. The third-order valence-corrected chi connectivity index (χ3v) is 7.32. The van der Waals surface area contributed by atoms with Gasteiger partial charge in [-0.05, 0) is 42.7 Å². The van der Waals surface area contributed by atoms with Gasteiger partial charge < -0.3 is 4.57 Å². The first-order valence-corrected chi connectivity index (χ1v) is 11.3. The summed E-state index contributed by atoms with van der Waals surface area (Å²) in [5, 5.41) is 0. The minimum absolute atomic E-state index is 0.0589. The molecular weight excluding hydrogens is 380 g/mol. The molecule has 0 bridgehead atoms. The van der Waals surface area contributed by atoms with Crippen LogP contribution in [-0.4, -0.2) is 24.6 Å². The van der Waals surface area contributed by atoms with Gasteiger partial charge in [0.05, 0.1) is 20.9 Å². The van der Waals surface area contributed by atoms with Gasteiger partial charge in [0.2, 0.25) is 5.91 Å². The first-order chi connectivity index (χ1) is 12.9. The van der Waals surface area contributed by atoms with E-state index in [2.05, 4.69) is 24.0 Å². The first-order valence-electron chi connectivity index (χ1n) is 8.84. The molecule has 0 saturated carbocycles. The molecule has 0 fully saturated rings. The number of fused-ring (bicyclic) bond motifs is 1. The van der Waals surface area contributed by atoms with Crippen LogP contribution in [0.2, 0.25) is 0 Å². The van der Waals surface area contributed by atoms with Gasteiger partial charge in [0.15, 0.2) is 14.6 Å². The van der Waals surface area contributed by atoms with Gasteiger partial charge in [-0.1, -0.05) is 42.5 Å².